The van der Waals surface area contributed by atoms with Crippen molar-refractivity contribution in [1.29, 1.82) is 0 Å². The molecule has 1 aromatic heterocycles. The van der Waals surface area contributed by atoms with Crippen molar-refractivity contribution < 1.29 is 14.2 Å². The van der Waals surface area contributed by atoms with Gasteiger partial charge in [0.2, 0.25) is 11.8 Å². The van der Waals surface area contributed by atoms with Gasteiger partial charge in [-0.05, 0) is 42.5 Å². The van der Waals surface area contributed by atoms with E-state index in [-0.39, 0.29) is 6.01 Å². The van der Waals surface area contributed by atoms with Gasteiger partial charge in [-0.15, -0.1) is 0 Å². The van der Waals surface area contributed by atoms with E-state index in [9.17, 15) is 0 Å². The lowest BCUT2D eigenvalue weighted by Gasteiger charge is -2.09. The Morgan fingerprint density at radius 2 is 1.77 bits per heavy atom. The monoisotopic (exact) mass is 443 g/mol. The third-order valence-corrected chi connectivity index (χ3v) is 4.08. The van der Waals surface area contributed by atoms with Gasteiger partial charge in [0.15, 0.2) is 5.11 Å². The zero-order valence-electron chi connectivity index (χ0n) is 16.1. The molecular weight excluding hydrogens is 426 g/mol. The summed E-state index contributed by atoms with van der Waals surface area (Å²) in [7, 11) is 3.00. The quantitative estimate of drug-likeness (QED) is 0.318. The number of ether oxygens (including phenoxy) is 3. The number of methoxy groups -OCH3 is 2. The molecule has 0 amide bonds. The summed E-state index contributed by atoms with van der Waals surface area (Å²) in [6, 6.07) is 16.1. The van der Waals surface area contributed by atoms with Crippen LogP contribution in [-0.4, -0.2) is 35.5 Å². The normalized spacial score (nSPS) is 10.5. The van der Waals surface area contributed by atoms with E-state index < -0.39 is 0 Å². The highest BCUT2D eigenvalue weighted by Gasteiger charge is 2.10. The molecule has 3 rings (SSSR count). The summed E-state index contributed by atoms with van der Waals surface area (Å²) in [5, 5.41) is 8.06. The zero-order chi connectivity index (χ0) is 21.3. The number of hydrogen-bond donors (Lipinski definition) is 2. The smallest absolute Gasteiger partial charge is 0.328 e. The molecule has 8 nitrogen and oxygen atoms in total. The highest BCUT2D eigenvalue weighted by Crippen LogP contribution is 2.25. The van der Waals surface area contributed by atoms with E-state index >= 15 is 0 Å². The Morgan fingerprint density at radius 1 is 1.03 bits per heavy atom. The maximum atomic E-state index is 5.96. The lowest BCUT2D eigenvalue weighted by Crippen LogP contribution is -2.23. The van der Waals surface area contributed by atoms with Crippen LogP contribution >= 0.6 is 23.8 Å². The molecule has 0 aliphatic rings. The van der Waals surface area contributed by atoms with Crippen LogP contribution in [-0.2, 0) is 0 Å². The molecule has 30 heavy (non-hydrogen) atoms. The van der Waals surface area contributed by atoms with Crippen LogP contribution in [0.5, 0.6) is 23.5 Å². The van der Waals surface area contributed by atoms with Crippen LogP contribution in [0.25, 0.3) is 0 Å². The van der Waals surface area contributed by atoms with Crippen LogP contribution in [0.15, 0.2) is 59.7 Å². The van der Waals surface area contributed by atoms with Gasteiger partial charge in [0, 0.05) is 16.3 Å². The van der Waals surface area contributed by atoms with E-state index in [2.05, 4.69) is 25.8 Å². The van der Waals surface area contributed by atoms with Crippen molar-refractivity contribution >= 4 is 40.8 Å². The van der Waals surface area contributed by atoms with Crippen molar-refractivity contribution in [2.75, 3.05) is 19.5 Å². The molecule has 2 aromatic carbocycles. The molecule has 0 aliphatic carbocycles. The molecule has 3 aromatic rings. The second-order valence-corrected chi connectivity index (χ2v) is 6.55. The minimum atomic E-state index is 0.0816. The molecule has 2 N–H and O–H groups in total. The van der Waals surface area contributed by atoms with Crippen LogP contribution in [0.4, 0.5) is 5.69 Å². The van der Waals surface area contributed by atoms with E-state index in [1.165, 1.54) is 14.2 Å². The van der Waals surface area contributed by atoms with Gasteiger partial charge in [-0.25, -0.2) is 0 Å². The third-order valence-electron chi connectivity index (χ3n) is 3.65. The lowest BCUT2D eigenvalue weighted by atomic mass is 10.2. The van der Waals surface area contributed by atoms with Gasteiger partial charge in [0.25, 0.3) is 0 Å². The molecular formula is C20H18ClN5O3S. The predicted octanol–water partition coefficient (Wildman–Crippen LogP) is 4.26. The van der Waals surface area contributed by atoms with Gasteiger partial charge < -0.3 is 19.5 Å². The number of rotatable bonds is 7. The Balaban J connectivity index is 1.68. The molecule has 0 saturated heterocycles. The molecule has 0 spiro atoms. The van der Waals surface area contributed by atoms with E-state index in [1.807, 2.05) is 30.3 Å². The SMILES string of the molecule is COc1cc(OC)nc(Oc2ccccc2/C=N/NC(=S)Nc2cccc(Cl)c2)n1. The van der Waals surface area contributed by atoms with E-state index in [4.69, 9.17) is 38.0 Å². The van der Waals surface area contributed by atoms with E-state index in [0.717, 1.165) is 5.69 Å². The largest absolute Gasteiger partial charge is 0.481 e. The van der Waals surface area contributed by atoms with Crippen LogP contribution in [0.1, 0.15) is 5.56 Å². The molecule has 0 fully saturated rings. The standard InChI is InChI=1S/C20H18ClN5O3S/c1-27-17-11-18(28-2)25-19(24-17)29-16-9-4-3-6-13(16)12-22-26-20(30)23-15-8-5-7-14(21)10-15/h3-12H,1-2H3,(H2,23,26,30)/b22-12+. The predicted molar refractivity (Wildman–Crippen MR) is 120 cm³/mol. The fraction of sp³-hybridized carbons (Fsp3) is 0.100. The average Bonchev–Trinajstić information content (AvgIpc) is 2.74. The first-order chi connectivity index (χ1) is 14.6. The van der Waals surface area contributed by atoms with Crippen molar-refractivity contribution in [3.05, 3.63) is 65.2 Å². The number of aromatic nitrogens is 2. The van der Waals surface area contributed by atoms with Crippen LogP contribution in [0.3, 0.4) is 0 Å². The molecule has 0 atom stereocenters. The summed E-state index contributed by atoms with van der Waals surface area (Å²) in [6.45, 7) is 0. The minimum absolute atomic E-state index is 0.0816. The summed E-state index contributed by atoms with van der Waals surface area (Å²) in [5.74, 6) is 1.14. The maximum absolute atomic E-state index is 5.96. The number of para-hydroxylation sites is 1. The number of thiocarbonyl (C=S) groups is 1. The molecule has 0 bridgehead atoms. The fourth-order valence-electron chi connectivity index (χ4n) is 2.30. The Kier molecular flexibility index (Phi) is 7.36. The number of halogens is 1. The van der Waals surface area contributed by atoms with Gasteiger partial charge >= 0.3 is 6.01 Å². The van der Waals surface area contributed by atoms with Crippen molar-refractivity contribution in [3.63, 3.8) is 0 Å². The number of nitrogens with zero attached hydrogens (tertiary/aromatic N) is 3. The number of hydrogen-bond acceptors (Lipinski definition) is 7. The van der Waals surface area contributed by atoms with Crippen molar-refractivity contribution in [3.8, 4) is 23.5 Å². The van der Waals surface area contributed by atoms with Gasteiger partial charge in [-0.1, -0.05) is 29.8 Å². The number of anilines is 1. The highest BCUT2D eigenvalue weighted by atomic mass is 35.5. The van der Waals surface area contributed by atoms with Crippen molar-refractivity contribution in [1.82, 2.24) is 15.4 Å². The lowest BCUT2D eigenvalue weighted by molar-refractivity contribution is 0.348. The van der Waals surface area contributed by atoms with Crippen LogP contribution < -0.4 is 25.0 Å². The first kappa shape index (κ1) is 21.3. The summed E-state index contributed by atoms with van der Waals surface area (Å²) in [5.41, 5.74) is 4.18. The topological polar surface area (TPSA) is 89.9 Å². The number of nitrogens with one attached hydrogen (secondary N) is 2. The summed E-state index contributed by atoms with van der Waals surface area (Å²) in [4.78, 5) is 8.32. The molecule has 10 heteroatoms. The average molecular weight is 444 g/mol. The number of benzene rings is 2. The molecule has 0 saturated carbocycles. The fourth-order valence-corrected chi connectivity index (χ4v) is 2.66. The highest BCUT2D eigenvalue weighted by molar-refractivity contribution is 7.80. The summed E-state index contributed by atoms with van der Waals surface area (Å²) in [6.07, 6.45) is 1.57. The van der Waals surface area contributed by atoms with Gasteiger partial charge in [0.1, 0.15) is 5.75 Å². The number of hydrazone groups is 1. The summed E-state index contributed by atoms with van der Waals surface area (Å²) < 4.78 is 16.1. The molecule has 0 aliphatic heterocycles. The van der Waals surface area contributed by atoms with Gasteiger partial charge in [-0.2, -0.15) is 15.1 Å². The Hall–Kier alpha value is -3.43. The second kappa shape index (κ2) is 10.4. The molecule has 0 unspecified atom stereocenters. The summed E-state index contributed by atoms with van der Waals surface area (Å²) >= 11 is 11.2. The molecule has 1 heterocycles. The van der Waals surface area contributed by atoms with E-state index in [0.29, 0.717) is 33.2 Å². The minimum Gasteiger partial charge on any atom is -0.481 e. The maximum Gasteiger partial charge on any atom is 0.328 e. The van der Waals surface area contributed by atoms with E-state index in [1.54, 1.807) is 30.5 Å². The van der Waals surface area contributed by atoms with Crippen LogP contribution in [0.2, 0.25) is 5.02 Å². The van der Waals surface area contributed by atoms with Crippen molar-refractivity contribution in [2.24, 2.45) is 5.10 Å². The van der Waals surface area contributed by atoms with Gasteiger partial charge in [-0.3, -0.25) is 5.43 Å². The first-order valence-electron chi connectivity index (χ1n) is 8.67. The Morgan fingerprint density at radius 3 is 2.47 bits per heavy atom. The first-order valence-corrected chi connectivity index (χ1v) is 9.45. The third kappa shape index (κ3) is 6.03. The van der Waals surface area contributed by atoms with Gasteiger partial charge in [0.05, 0.1) is 26.5 Å². The molecule has 154 valence electrons. The second-order valence-electron chi connectivity index (χ2n) is 5.71. The Bertz CT molecular complexity index is 1040. The zero-order valence-corrected chi connectivity index (χ0v) is 17.7. The Labute approximate surface area is 183 Å². The molecule has 0 radical (unpaired) electrons. The van der Waals surface area contributed by atoms with Crippen LogP contribution in [0, 0.1) is 0 Å². The van der Waals surface area contributed by atoms with Crippen molar-refractivity contribution in [2.45, 2.75) is 0 Å².